The van der Waals surface area contributed by atoms with E-state index < -0.39 is 0 Å². The van der Waals surface area contributed by atoms with Gasteiger partial charge in [0.1, 0.15) is 0 Å². The van der Waals surface area contributed by atoms with E-state index in [1.165, 1.54) is 32.1 Å². The Bertz CT molecular complexity index is 470. The molecule has 19 heavy (non-hydrogen) atoms. The van der Waals surface area contributed by atoms with Crippen LogP contribution in [0.1, 0.15) is 56.7 Å². The summed E-state index contributed by atoms with van der Waals surface area (Å²) < 4.78 is 0. The van der Waals surface area contributed by atoms with Crippen LogP contribution < -0.4 is 5.32 Å². The summed E-state index contributed by atoms with van der Waals surface area (Å²) in [6.45, 7) is 4.86. The maximum Gasteiger partial charge on any atom is 0.0380 e. The molecule has 1 atom stereocenters. The molecule has 1 aromatic carbocycles. The molecule has 2 fully saturated rings. The second kappa shape index (κ2) is 4.09. The van der Waals surface area contributed by atoms with Gasteiger partial charge in [-0.2, -0.15) is 0 Å². The Labute approximate surface area is 116 Å². The van der Waals surface area contributed by atoms with Crippen molar-refractivity contribution in [1.29, 1.82) is 0 Å². The highest BCUT2D eigenvalue weighted by atomic mass is 15.0. The molecule has 0 aliphatic heterocycles. The first-order valence-corrected chi connectivity index (χ1v) is 7.99. The van der Waals surface area contributed by atoms with E-state index in [4.69, 9.17) is 0 Å². The molecule has 1 N–H and O–H groups in total. The Balaban J connectivity index is 1.61. The minimum absolute atomic E-state index is 0.367. The van der Waals surface area contributed by atoms with Gasteiger partial charge in [-0.3, -0.25) is 0 Å². The molecule has 1 heteroatoms. The van der Waals surface area contributed by atoms with Gasteiger partial charge in [-0.25, -0.2) is 0 Å². The van der Waals surface area contributed by atoms with Crippen LogP contribution in [0.5, 0.6) is 0 Å². The monoisotopic (exact) mass is 255 g/mol. The molecule has 102 valence electrons. The van der Waals surface area contributed by atoms with E-state index in [2.05, 4.69) is 43.4 Å². The lowest BCUT2D eigenvalue weighted by Gasteiger charge is -2.33. The fourth-order valence-corrected chi connectivity index (χ4v) is 4.07. The zero-order chi connectivity index (χ0) is 13.0. The second-order valence-corrected chi connectivity index (χ2v) is 7.66. The quantitative estimate of drug-likeness (QED) is 0.854. The zero-order valence-electron chi connectivity index (χ0n) is 12.2. The summed E-state index contributed by atoms with van der Waals surface area (Å²) in [6.07, 6.45) is 7.07. The van der Waals surface area contributed by atoms with Crippen LogP contribution in [0.3, 0.4) is 0 Å². The van der Waals surface area contributed by atoms with Crippen molar-refractivity contribution in [2.24, 2.45) is 17.3 Å². The minimum Gasteiger partial charge on any atom is -0.306 e. The van der Waals surface area contributed by atoms with Gasteiger partial charge in [0, 0.05) is 12.1 Å². The summed E-state index contributed by atoms with van der Waals surface area (Å²) in [5.74, 6) is 1.96. The lowest BCUT2D eigenvalue weighted by atomic mass is 9.84. The van der Waals surface area contributed by atoms with E-state index in [0.29, 0.717) is 11.5 Å². The maximum atomic E-state index is 4.09. The maximum absolute atomic E-state index is 4.09. The van der Waals surface area contributed by atoms with Crippen LogP contribution in [0.25, 0.3) is 0 Å². The average Bonchev–Trinajstić information content (AvgIpc) is 3.24. The number of hydrogen-bond donors (Lipinski definition) is 1. The van der Waals surface area contributed by atoms with Gasteiger partial charge in [-0.1, -0.05) is 38.1 Å². The summed E-state index contributed by atoms with van der Waals surface area (Å²) in [4.78, 5) is 0. The Kier molecular flexibility index (Phi) is 2.57. The SMILES string of the molecule is CC1(C)Cc2ccccc2C1NC(C1CC1)C1CC1. The van der Waals surface area contributed by atoms with Gasteiger partial charge in [0.2, 0.25) is 0 Å². The van der Waals surface area contributed by atoms with Gasteiger partial charge in [0.05, 0.1) is 0 Å². The van der Waals surface area contributed by atoms with Crippen molar-refractivity contribution >= 4 is 0 Å². The van der Waals surface area contributed by atoms with E-state index >= 15 is 0 Å². The third-order valence-corrected chi connectivity index (χ3v) is 5.41. The van der Waals surface area contributed by atoms with Gasteiger partial charge in [-0.05, 0) is 60.5 Å². The van der Waals surface area contributed by atoms with Gasteiger partial charge >= 0.3 is 0 Å². The van der Waals surface area contributed by atoms with Crippen LogP contribution in [0, 0.1) is 17.3 Å². The fraction of sp³-hybridized carbons (Fsp3) is 0.667. The molecular formula is C18H25N. The first kappa shape index (κ1) is 12.0. The first-order chi connectivity index (χ1) is 9.15. The van der Waals surface area contributed by atoms with Crippen molar-refractivity contribution in [3.05, 3.63) is 35.4 Å². The molecule has 0 spiro atoms. The van der Waals surface area contributed by atoms with E-state index in [1.807, 2.05) is 0 Å². The van der Waals surface area contributed by atoms with Crippen molar-refractivity contribution in [2.75, 3.05) is 0 Å². The number of benzene rings is 1. The Morgan fingerprint density at radius 1 is 1.05 bits per heavy atom. The summed E-state index contributed by atoms with van der Waals surface area (Å²) >= 11 is 0. The Morgan fingerprint density at radius 2 is 1.68 bits per heavy atom. The molecule has 3 aliphatic rings. The fourth-order valence-electron chi connectivity index (χ4n) is 4.07. The van der Waals surface area contributed by atoms with Gasteiger partial charge < -0.3 is 5.32 Å². The summed E-state index contributed by atoms with van der Waals surface area (Å²) in [6, 6.07) is 10.4. The van der Waals surface area contributed by atoms with E-state index in [-0.39, 0.29) is 0 Å². The largest absolute Gasteiger partial charge is 0.306 e. The van der Waals surface area contributed by atoms with Crippen LogP contribution in [0.15, 0.2) is 24.3 Å². The second-order valence-electron chi connectivity index (χ2n) is 7.66. The smallest absolute Gasteiger partial charge is 0.0380 e. The molecule has 0 bridgehead atoms. The standard InChI is InChI=1S/C18H25N/c1-18(2)11-14-5-3-4-6-15(14)17(18)19-16(12-7-8-12)13-9-10-13/h3-6,12-13,16-17,19H,7-11H2,1-2H3. The van der Waals surface area contributed by atoms with E-state index in [1.54, 1.807) is 11.1 Å². The molecule has 1 nitrogen and oxygen atoms in total. The highest BCUT2D eigenvalue weighted by Crippen LogP contribution is 2.50. The molecule has 0 aromatic heterocycles. The number of hydrogen-bond acceptors (Lipinski definition) is 1. The van der Waals surface area contributed by atoms with Crippen LogP contribution in [-0.4, -0.2) is 6.04 Å². The molecule has 1 aromatic rings. The first-order valence-electron chi connectivity index (χ1n) is 7.99. The molecule has 0 radical (unpaired) electrons. The number of nitrogens with one attached hydrogen (secondary N) is 1. The summed E-state index contributed by atoms with van der Waals surface area (Å²) in [5.41, 5.74) is 3.50. The van der Waals surface area contributed by atoms with Crippen molar-refractivity contribution in [3.8, 4) is 0 Å². The minimum atomic E-state index is 0.367. The lowest BCUT2D eigenvalue weighted by molar-refractivity contribution is 0.228. The molecule has 0 amide bonds. The average molecular weight is 255 g/mol. The van der Waals surface area contributed by atoms with Gasteiger partial charge in [0.15, 0.2) is 0 Å². The summed E-state index contributed by atoms with van der Waals surface area (Å²) in [5, 5.41) is 4.09. The lowest BCUT2D eigenvalue weighted by Crippen LogP contribution is -2.41. The van der Waals surface area contributed by atoms with Crippen molar-refractivity contribution < 1.29 is 0 Å². The molecule has 4 rings (SSSR count). The van der Waals surface area contributed by atoms with Crippen molar-refractivity contribution in [2.45, 2.75) is 58.0 Å². The van der Waals surface area contributed by atoms with Crippen molar-refractivity contribution in [3.63, 3.8) is 0 Å². The number of rotatable bonds is 4. The van der Waals surface area contributed by atoms with E-state index in [0.717, 1.165) is 17.9 Å². The molecule has 3 aliphatic carbocycles. The third kappa shape index (κ3) is 2.12. The molecular weight excluding hydrogens is 230 g/mol. The molecule has 2 saturated carbocycles. The Morgan fingerprint density at radius 3 is 2.32 bits per heavy atom. The van der Waals surface area contributed by atoms with Crippen LogP contribution in [0.4, 0.5) is 0 Å². The molecule has 0 saturated heterocycles. The highest BCUT2D eigenvalue weighted by Gasteiger charge is 2.46. The van der Waals surface area contributed by atoms with Crippen LogP contribution >= 0.6 is 0 Å². The topological polar surface area (TPSA) is 12.0 Å². The van der Waals surface area contributed by atoms with Gasteiger partial charge in [-0.15, -0.1) is 0 Å². The van der Waals surface area contributed by atoms with Crippen LogP contribution in [0.2, 0.25) is 0 Å². The van der Waals surface area contributed by atoms with E-state index in [9.17, 15) is 0 Å². The predicted octanol–water partition coefficient (Wildman–Crippen LogP) is 4.09. The van der Waals surface area contributed by atoms with Crippen LogP contribution in [-0.2, 0) is 6.42 Å². The number of fused-ring (bicyclic) bond motifs is 1. The highest BCUT2D eigenvalue weighted by molar-refractivity contribution is 5.37. The zero-order valence-corrected chi connectivity index (χ0v) is 12.2. The predicted molar refractivity (Wildman–Crippen MR) is 79.0 cm³/mol. The third-order valence-electron chi connectivity index (χ3n) is 5.41. The molecule has 1 unspecified atom stereocenters. The molecule has 0 heterocycles. The van der Waals surface area contributed by atoms with Gasteiger partial charge in [0.25, 0.3) is 0 Å². The van der Waals surface area contributed by atoms with Crippen molar-refractivity contribution in [1.82, 2.24) is 5.32 Å². The summed E-state index contributed by atoms with van der Waals surface area (Å²) in [7, 11) is 0. The normalized spacial score (nSPS) is 28.7. The Hall–Kier alpha value is -0.820.